The fraction of sp³-hybridized carbons (Fsp3) is 0.0909. The van der Waals surface area contributed by atoms with E-state index in [0.717, 1.165) is 12.1 Å². The summed E-state index contributed by atoms with van der Waals surface area (Å²) in [5.41, 5.74) is -0.943. The molecule has 1 aromatic heterocycles. The van der Waals surface area contributed by atoms with E-state index in [1.807, 2.05) is 0 Å². The average molecular weight is 240 g/mol. The lowest BCUT2D eigenvalue weighted by atomic mass is 10.2. The molecule has 0 saturated carbocycles. The summed E-state index contributed by atoms with van der Waals surface area (Å²) in [6, 6.07) is 5.83. The Kier molecular flexibility index (Phi) is 2.71. The van der Waals surface area contributed by atoms with Crippen LogP contribution in [-0.4, -0.2) is 9.55 Å². The van der Waals surface area contributed by atoms with Crippen molar-refractivity contribution in [1.82, 2.24) is 9.55 Å². The lowest BCUT2D eigenvalue weighted by Gasteiger charge is -2.08. The lowest BCUT2D eigenvalue weighted by Crippen LogP contribution is -2.19. The zero-order valence-electron chi connectivity index (χ0n) is 8.48. The molecule has 17 heavy (non-hydrogen) atoms. The first kappa shape index (κ1) is 11.4. The monoisotopic (exact) mass is 240 g/mol. The third-order valence-corrected chi connectivity index (χ3v) is 2.19. The van der Waals surface area contributed by atoms with Crippen molar-refractivity contribution in [3.63, 3.8) is 0 Å². The maximum absolute atomic E-state index is 12.3. The van der Waals surface area contributed by atoms with Crippen LogP contribution in [0.5, 0.6) is 0 Å². The smallest absolute Gasteiger partial charge is 0.268 e. The zero-order valence-corrected chi connectivity index (χ0v) is 8.48. The number of hydrogen-bond donors (Lipinski definition) is 0. The average Bonchev–Trinajstić information content (AvgIpc) is 2.29. The summed E-state index contributed by atoms with van der Waals surface area (Å²) < 4.78 is 38.1. The Morgan fingerprint density at radius 2 is 1.76 bits per heavy atom. The van der Waals surface area contributed by atoms with Gasteiger partial charge in [-0.25, -0.2) is 9.78 Å². The van der Waals surface area contributed by atoms with Gasteiger partial charge in [0.2, 0.25) is 0 Å². The molecule has 88 valence electrons. The van der Waals surface area contributed by atoms with Crippen molar-refractivity contribution >= 4 is 0 Å². The van der Waals surface area contributed by atoms with Gasteiger partial charge >= 0.3 is 11.9 Å². The molecule has 0 unspecified atom stereocenters. The predicted octanol–water partition coefficient (Wildman–Crippen LogP) is 2.25. The first-order chi connectivity index (χ1) is 7.98. The van der Waals surface area contributed by atoms with Crippen LogP contribution < -0.4 is 5.69 Å². The standard InChI is InChI=1S/C11H7F3N2O/c12-11(13,14)8-2-4-9(5-3-8)16-7-1-6-15-10(16)17/h1-7H. The normalized spacial score (nSPS) is 11.5. The minimum atomic E-state index is -4.38. The van der Waals surface area contributed by atoms with Crippen molar-refractivity contribution in [1.29, 1.82) is 0 Å². The molecule has 6 heteroatoms. The molecule has 0 radical (unpaired) electrons. The number of rotatable bonds is 1. The molecular formula is C11H7F3N2O. The first-order valence-electron chi connectivity index (χ1n) is 4.70. The summed E-state index contributed by atoms with van der Waals surface area (Å²) in [6.07, 6.45) is -1.61. The number of hydrogen-bond acceptors (Lipinski definition) is 2. The fourth-order valence-electron chi connectivity index (χ4n) is 1.36. The quantitative estimate of drug-likeness (QED) is 0.766. The summed E-state index contributed by atoms with van der Waals surface area (Å²) >= 11 is 0. The second-order valence-corrected chi connectivity index (χ2v) is 3.32. The molecule has 0 spiro atoms. The van der Waals surface area contributed by atoms with Gasteiger partial charge in [-0.1, -0.05) is 0 Å². The summed E-state index contributed by atoms with van der Waals surface area (Å²) in [6.45, 7) is 0. The summed E-state index contributed by atoms with van der Waals surface area (Å²) in [5.74, 6) is 0. The van der Waals surface area contributed by atoms with Crippen LogP contribution >= 0.6 is 0 Å². The van der Waals surface area contributed by atoms with Crippen molar-refractivity contribution in [2.45, 2.75) is 6.18 Å². The molecule has 0 aliphatic carbocycles. The zero-order chi connectivity index (χ0) is 12.5. The van der Waals surface area contributed by atoms with E-state index in [2.05, 4.69) is 4.98 Å². The van der Waals surface area contributed by atoms with Gasteiger partial charge in [-0.2, -0.15) is 13.2 Å². The van der Waals surface area contributed by atoms with Crippen LogP contribution in [0.3, 0.4) is 0 Å². The molecule has 0 N–H and O–H groups in total. The molecule has 2 aromatic rings. The molecular weight excluding hydrogens is 233 g/mol. The van der Waals surface area contributed by atoms with Crippen molar-refractivity contribution in [3.05, 3.63) is 58.8 Å². The second kappa shape index (κ2) is 4.04. The van der Waals surface area contributed by atoms with Crippen molar-refractivity contribution < 1.29 is 13.2 Å². The highest BCUT2D eigenvalue weighted by Crippen LogP contribution is 2.29. The van der Waals surface area contributed by atoms with Gasteiger partial charge in [0.15, 0.2) is 0 Å². The van der Waals surface area contributed by atoms with E-state index in [1.165, 1.54) is 35.2 Å². The van der Waals surface area contributed by atoms with Crippen LogP contribution in [0.1, 0.15) is 5.56 Å². The Balaban J connectivity index is 2.44. The van der Waals surface area contributed by atoms with E-state index in [0.29, 0.717) is 5.69 Å². The Hall–Kier alpha value is -2.11. The molecule has 0 amide bonds. The number of nitrogens with zero attached hydrogens (tertiary/aromatic N) is 2. The Morgan fingerprint density at radius 1 is 1.12 bits per heavy atom. The lowest BCUT2D eigenvalue weighted by molar-refractivity contribution is -0.137. The highest BCUT2D eigenvalue weighted by Gasteiger charge is 2.29. The topological polar surface area (TPSA) is 34.9 Å². The minimum Gasteiger partial charge on any atom is -0.268 e. The Labute approximate surface area is 94.2 Å². The number of benzene rings is 1. The molecule has 0 saturated heterocycles. The third-order valence-electron chi connectivity index (χ3n) is 2.19. The number of halogens is 3. The van der Waals surface area contributed by atoms with Crippen LogP contribution in [0.25, 0.3) is 5.69 Å². The molecule has 0 aliphatic rings. The summed E-state index contributed by atoms with van der Waals surface area (Å²) in [7, 11) is 0. The fourth-order valence-corrected chi connectivity index (χ4v) is 1.36. The number of aromatic nitrogens is 2. The van der Waals surface area contributed by atoms with Crippen LogP contribution in [0.4, 0.5) is 13.2 Å². The Bertz CT molecular complexity index is 572. The molecule has 1 aromatic carbocycles. The maximum atomic E-state index is 12.3. The van der Waals surface area contributed by atoms with E-state index in [4.69, 9.17) is 0 Å². The SMILES string of the molecule is O=c1ncccn1-c1ccc(C(F)(F)F)cc1. The molecule has 0 atom stereocenters. The maximum Gasteiger partial charge on any atom is 0.416 e. The van der Waals surface area contributed by atoms with Gasteiger partial charge in [-0.3, -0.25) is 4.57 Å². The Morgan fingerprint density at radius 3 is 2.29 bits per heavy atom. The molecule has 0 bridgehead atoms. The van der Waals surface area contributed by atoms with Gasteiger partial charge in [0.1, 0.15) is 0 Å². The van der Waals surface area contributed by atoms with Gasteiger partial charge in [0.05, 0.1) is 11.3 Å². The van der Waals surface area contributed by atoms with Crippen LogP contribution in [-0.2, 0) is 6.18 Å². The van der Waals surface area contributed by atoms with E-state index in [9.17, 15) is 18.0 Å². The highest BCUT2D eigenvalue weighted by molar-refractivity contribution is 5.35. The van der Waals surface area contributed by atoms with Gasteiger partial charge in [0.25, 0.3) is 0 Å². The largest absolute Gasteiger partial charge is 0.416 e. The van der Waals surface area contributed by atoms with Gasteiger partial charge in [0, 0.05) is 12.4 Å². The summed E-state index contributed by atoms with van der Waals surface area (Å²) in [5, 5.41) is 0. The van der Waals surface area contributed by atoms with Crippen molar-refractivity contribution in [3.8, 4) is 5.69 Å². The van der Waals surface area contributed by atoms with Crippen LogP contribution in [0.2, 0.25) is 0 Å². The second-order valence-electron chi connectivity index (χ2n) is 3.32. The molecule has 0 aliphatic heterocycles. The van der Waals surface area contributed by atoms with E-state index in [1.54, 1.807) is 0 Å². The van der Waals surface area contributed by atoms with Gasteiger partial charge in [-0.05, 0) is 30.3 Å². The van der Waals surface area contributed by atoms with Crippen molar-refractivity contribution in [2.75, 3.05) is 0 Å². The highest BCUT2D eigenvalue weighted by atomic mass is 19.4. The number of alkyl halides is 3. The van der Waals surface area contributed by atoms with Crippen LogP contribution in [0, 0.1) is 0 Å². The summed E-state index contributed by atoms with van der Waals surface area (Å²) in [4.78, 5) is 14.8. The van der Waals surface area contributed by atoms with E-state index < -0.39 is 17.4 Å². The molecule has 3 nitrogen and oxygen atoms in total. The van der Waals surface area contributed by atoms with E-state index in [-0.39, 0.29) is 0 Å². The first-order valence-corrected chi connectivity index (χ1v) is 4.70. The predicted molar refractivity (Wildman–Crippen MR) is 54.8 cm³/mol. The van der Waals surface area contributed by atoms with E-state index >= 15 is 0 Å². The van der Waals surface area contributed by atoms with Crippen molar-refractivity contribution in [2.24, 2.45) is 0 Å². The molecule has 1 heterocycles. The van der Waals surface area contributed by atoms with Gasteiger partial charge in [-0.15, -0.1) is 0 Å². The molecule has 2 rings (SSSR count). The van der Waals surface area contributed by atoms with Crippen LogP contribution in [0.15, 0.2) is 47.5 Å². The minimum absolute atomic E-state index is 0.344. The third kappa shape index (κ3) is 2.35. The molecule has 0 fully saturated rings. The van der Waals surface area contributed by atoms with Gasteiger partial charge < -0.3 is 0 Å².